The lowest BCUT2D eigenvalue weighted by Gasteiger charge is -2.31. The van der Waals surface area contributed by atoms with Crippen LogP contribution in [0.5, 0.6) is 0 Å². The maximum absolute atomic E-state index is 4.40. The third kappa shape index (κ3) is 2.90. The fourth-order valence-electron chi connectivity index (χ4n) is 3.95. The van der Waals surface area contributed by atoms with Crippen molar-refractivity contribution >= 4 is 0 Å². The third-order valence-electron chi connectivity index (χ3n) is 5.05. The molecule has 1 aliphatic heterocycles. The minimum Gasteiger partial charge on any atom is -0.314 e. The molecule has 0 bridgehead atoms. The highest BCUT2D eigenvalue weighted by molar-refractivity contribution is 5.04. The lowest BCUT2D eigenvalue weighted by molar-refractivity contribution is 0.263. The van der Waals surface area contributed by atoms with Crippen molar-refractivity contribution in [3.05, 3.63) is 11.6 Å². The zero-order valence-electron chi connectivity index (χ0n) is 12.9. The molecule has 0 spiro atoms. The molecule has 0 aromatic carbocycles. The first kappa shape index (κ1) is 14.1. The van der Waals surface area contributed by atoms with Gasteiger partial charge in [0.2, 0.25) is 0 Å². The van der Waals surface area contributed by atoms with Gasteiger partial charge in [-0.3, -0.25) is 0 Å². The Morgan fingerprint density at radius 3 is 2.80 bits per heavy atom. The van der Waals surface area contributed by atoms with Crippen LogP contribution in [0.25, 0.3) is 0 Å². The van der Waals surface area contributed by atoms with E-state index in [9.17, 15) is 0 Å². The van der Waals surface area contributed by atoms with Gasteiger partial charge in [-0.05, 0) is 44.9 Å². The van der Waals surface area contributed by atoms with Gasteiger partial charge in [0.15, 0.2) is 0 Å². The number of aryl methyl sites for hydroxylation is 1. The summed E-state index contributed by atoms with van der Waals surface area (Å²) in [5.41, 5.74) is 0. The Bertz CT molecular complexity index is 432. The van der Waals surface area contributed by atoms with Crippen molar-refractivity contribution in [2.75, 3.05) is 0 Å². The monoisotopic (exact) mass is 276 g/mol. The van der Waals surface area contributed by atoms with Crippen LogP contribution in [0.3, 0.4) is 0 Å². The van der Waals surface area contributed by atoms with E-state index in [2.05, 4.69) is 33.9 Å². The molecule has 112 valence electrons. The minimum atomic E-state index is 0.335. The lowest BCUT2D eigenvalue weighted by atomic mass is 9.83. The molecule has 1 aliphatic carbocycles. The van der Waals surface area contributed by atoms with Crippen molar-refractivity contribution in [3.63, 3.8) is 0 Å². The average molecular weight is 276 g/mol. The molecule has 0 amide bonds. The molecular formula is C16H28N4. The van der Waals surface area contributed by atoms with E-state index >= 15 is 0 Å². The Morgan fingerprint density at radius 1 is 1.25 bits per heavy atom. The van der Waals surface area contributed by atoms with Gasteiger partial charge in [0.05, 0.1) is 6.04 Å². The van der Waals surface area contributed by atoms with Crippen molar-refractivity contribution in [1.29, 1.82) is 0 Å². The fourth-order valence-corrected chi connectivity index (χ4v) is 3.95. The summed E-state index contributed by atoms with van der Waals surface area (Å²) in [7, 11) is 0. The Kier molecular flexibility index (Phi) is 4.39. The van der Waals surface area contributed by atoms with Crippen LogP contribution in [-0.4, -0.2) is 20.8 Å². The van der Waals surface area contributed by atoms with Gasteiger partial charge in [0, 0.05) is 19.0 Å². The Labute approximate surface area is 122 Å². The SMILES string of the molecule is CCCC1CCC(NC(C)c2nnc3n2CCC3)CC1. The number of nitrogens with zero attached hydrogens (tertiary/aromatic N) is 3. The lowest BCUT2D eigenvalue weighted by Crippen LogP contribution is -2.36. The maximum atomic E-state index is 4.40. The first-order chi connectivity index (χ1) is 9.78. The summed E-state index contributed by atoms with van der Waals surface area (Å²) >= 11 is 0. The fraction of sp³-hybridized carbons (Fsp3) is 0.875. The molecule has 1 N–H and O–H groups in total. The second kappa shape index (κ2) is 6.25. The number of nitrogens with one attached hydrogen (secondary N) is 1. The normalized spacial score (nSPS) is 27.5. The molecule has 1 unspecified atom stereocenters. The van der Waals surface area contributed by atoms with Gasteiger partial charge in [-0.1, -0.05) is 19.8 Å². The highest BCUT2D eigenvalue weighted by Crippen LogP contribution is 2.29. The van der Waals surface area contributed by atoms with Crippen molar-refractivity contribution in [2.24, 2.45) is 5.92 Å². The molecule has 4 heteroatoms. The van der Waals surface area contributed by atoms with Gasteiger partial charge < -0.3 is 9.88 Å². The summed E-state index contributed by atoms with van der Waals surface area (Å²) < 4.78 is 2.32. The number of aromatic nitrogens is 3. The molecule has 0 radical (unpaired) electrons. The van der Waals surface area contributed by atoms with Crippen LogP contribution in [0.4, 0.5) is 0 Å². The van der Waals surface area contributed by atoms with Crippen molar-refractivity contribution in [2.45, 2.75) is 83.8 Å². The molecule has 2 heterocycles. The first-order valence-corrected chi connectivity index (χ1v) is 8.46. The summed E-state index contributed by atoms with van der Waals surface area (Å²) in [5.74, 6) is 3.30. The van der Waals surface area contributed by atoms with Crippen LogP contribution >= 0.6 is 0 Å². The summed E-state index contributed by atoms with van der Waals surface area (Å²) in [6.07, 6.45) is 10.5. The molecule has 1 saturated carbocycles. The van der Waals surface area contributed by atoms with E-state index in [-0.39, 0.29) is 0 Å². The summed E-state index contributed by atoms with van der Waals surface area (Å²) in [6.45, 7) is 5.65. The zero-order chi connectivity index (χ0) is 13.9. The number of rotatable bonds is 5. The van der Waals surface area contributed by atoms with Crippen LogP contribution in [0.2, 0.25) is 0 Å². The van der Waals surface area contributed by atoms with Gasteiger partial charge in [0.1, 0.15) is 11.6 Å². The predicted molar refractivity (Wildman–Crippen MR) is 80.5 cm³/mol. The number of fused-ring (bicyclic) bond motifs is 1. The van der Waals surface area contributed by atoms with E-state index in [4.69, 9.17) is 0 Å². The molecule has 1 fully saturated rings. The largest absolute Gasteiger partial charge is 0.314 e. The topological polar surface area (TPSA) is 42.7 Å². The standard InChI is InChI=1S/C16H28N4/c1-3-5-13-7-9-14(10-8-13)17-12(2)16-19-18-15-6-4-11-20(15)16/h12-14,17H,3-11H2,1-2H3. The summed E-state index contributed by atoms with van der Waals surface area (Å²) in [5, 5.41) is 12.5. The Balaban J connectivity index is 1.53. The van der Waals surface area contributed by atoms with Crippen molar-refractivity contribution < 1.29 is 0 Å². The number of hydrogen-bond donors (Lipinski definition) is 1. The molecule has 20 heavy (non-hydrogen) atoms. The molecule has 3 rings (SSSR count). The summed E-state index contributed by atoms with van der Waals surface area (Å²) in [4.78, 5) is 0. The molecule has 4 nitrogen and oxygen atoms in total. The van der Waals surface area contributed by atoms with Gasteiger partial charge >= 0.3 is 0 Å². The second-order valence-corrected chi connectivity index (χ2v) is 6.62. The van der Waals surface area contributed by atoms with E-state index < -0.39 is 0 Å². The van der Waals surface area contributed by atoms with Crippen LogP contribution < -0.4 is 5.32 Å². The second-order valence-electron chi connectivity index (χ2n) is 6.62. The molecule has 2 aliphatic rings. The van der Waals surface area contributed by atoms with E-state index in [0.29, 0.717) is 12.1 Å². The van der Waals surface area contributed by atoms with E-state index in [0.717, 1.165) is 24.7 Å². The van der Waals surface area contributed by atoms with Crippen LogP contribution in [0, 0.1) is 5.92 Å². The highest BCUT2D eigenvalue weighted by atomic mass is 15.3. The average Bonchev–Trinajstić information content (AvgIpc) is 3.03. The molecule has 1 aromatic rings. The highest BCUT2D eigenvalue weighted by Gasteiger charge is 2.25. The minimum absolute atomic E-state index is 0.335. The van der Waals surface area contributed by atoms with Crippen LogP contribution in [0.1, 0.15) is 76.5 Å². The number of hydrogen-bond acceptors (Lipinski definition) is 3. The first-order valence-electron chi connectivity index (χ1n) is 8.46. The van der Waals surface area contributed by atoms with Crippen LogP contribution in [-0.2, 0) is 13.0 Å². The van der Waals surface area contributed by atoms with Crippen molar-refractivity contribution in [1.82, 2.24) is 20.1 Å². The Hall–Kier alpha value is -0.900. The third-order valence-corrected chi connectivity index (χ3v) is 5.05. The smallest absolute Gasteiger partial charge is 0.149 e. The molecule has 1 aromatic heterocycles. The van der Waals surface area contributed by atoms with Gasteiger partial charge in [-0.15, -0.1) is 10.2 Å². The molecule has 0 saturated heterocycles. The summed E-state index contributed by atoms with van der Waals surface area (Å²) in [6, 6.07) is 1.01. The van der Waals surface area contributed by atoms with E-state index in [1.165, 1.54) is 50.8 Å². The van der Waals surface area contributed by atoms with Crippen LogP contribution in [0.15, 0.2) is 0 Å². The van der Waals surface area contributed by atoms with Gasteiger partial charge in [0.25, 0.3) is 0 Å². The van der Waals surface area contributed by atoms with Crippen molar-refractivity contribution in [3.8, 4) is 0 Å². The van der Waals surface area contributed by atoms with E-state index in [1.54, 1.807) is 0 Å². The zero-order valence-corrected chi connectivity index (χ0v) is 12.9. The van der Waals surface area contributed by atoms with E-state index in [1.807, 2.05) is 0 Å². The van der Waals surface area contributed by atoms with Gasteiger partial charge in [-0.25, -0.2) is 0 Å². The Morgan fingerprint density at radius 2 is 2.05 bits per heavy atom. The molecule has 1 atom stereocenters. The predicted octanol–water partition coefficient (Wildman–Crippen LogP) is 3.23. The maximum Gasteiger partial charge on any atom is 0.149 e. The molecular weight excluding hydrogens is 248 g/mol. The van der Waals surface area contributed by atoms with Gasteiger partial charge in [-0.2, -0.15) is 0 Å². The quantitative estimate of drug-likeness (QED) is 0.898.